The zero-order chi connectivity index (χ0) is 9.94. The van der Waals surface area contributed by atoms with E-state index in [1.165, 1.54) is 5.56 Å². The van der Waals surface area contributed by atoms with Crippen molar-refractivity contribution in [1.29, 1.82) is 0 Å². The van der Waals surface area contributed by atoms with Gasteiger partial charge in [-0.2, -0.15) is 0 Å². The van der Waals surface area contributed by atoms with Crippen molar-refractivity contribution in [3.63, 3.8) is 0 Å². The summed E-state index contributed by atoms with van der Waals surface area (Å²) in [5, 5.41) is 15.1. The maximum Gasteiger partial charge on any atom is 0.469 e. The summed E-state index contributed by atoms with van der Waals surface area (Å²) in [5.74, 6) is 0. The molecule has 0 fully saturated rings. The summed E-state index contributed by atoms with van der Waals surface area (Å²) >= 11 is 0. The van der Waals surface area contributed by atoms with E-state index in [2.05, 4.69) is 11.2 Å². The minimum Gasteiger partial charge on any atom is -0.456 e. The lowest BCUT2D eigenvalue weighted by atomic mass is 10.2. The Morgan fingerprint density at radius 2 is 1.69 bits per heavy atom. The van der Waals surface area contributed by atoms with Gasteiger partial charge in [0.25, 0.3) is 0 Å². The van der Waals surface area contributed by atoms with E-state index < -0.39 is 0 Å². The monoisotopic (exact) mass is 176 g/mol. The van der Waals surface area contributed by atoms with E-state index in [-0.39, 0.29) is 0 Å². The Bertz CT molecular complexity index is 214. The molecule has 1 aromatic rings. The lowest BCUT2D eigenvalue weighted by molar-refractivity contribution is 0.408. The van der Waals surface area contributed by atoms with Crippen molar-refractivity contribution in [1.82, 2.24) is 0 Å². The van der Waals surface area contributed by atoms with Crippen LogP contribution < -0.4 is 0 Å². The molecule has 0 atom stereocenters. The van der Waals surface area contributed by atoms with Gasteiger partial charge in [0.2, 0.25) is 0 Å². The fourth-order valence-electron chi connectivity index (χ4n) is 0.616. The first kappa shape index (κ1) is 12.0. The average Bonchev–Trinajstić information content (AvgIpc) is 2.21. The van der Waals surface area contributed by atoms with Gasteiger partial charge in [-0.25, -0.2) is 0 Å². The number of hydrogen-bond acceptors (Lipinski definition) is 3. The van der Waals surface area contributed by atoms with Crippen molar-refractivity contribution >= 4 is 21.4 Å². The average molecular weight is 176 g/mol. The fraction of sp³-hybridized carbons (Fsp3) is 0. The van der Waals surface area contributed by atoms with Crippen LogP contribution in [0.3, 0.4) is 0 Å². The first-order chi connectivity index (χ1) is 6.35. The Labute approximate surface area is 79.3 Å². The van der Waals surface area contributed by atoms with Crippen LogP contribution in [0.5, 0.6) is 0 Å². The highest BCUT2D eigenvalue weighted by atomic mass is 16.5. The molecule has 0 saturated heterocycles. The van der Waals surface area contributed by atoms with Crippen LogP contribution in [0.25, 0.3) is 6.08 Å². The van der Waals surface area contributed by atoms with Crippen molar-refractivity contribution in [2.45, 2.75) is 0 Å². The molecule has 0 spiro atoms. The second kappa shape index (κ2) is 9.06. The summed E-state index contributed by atoms with van der Waals surface area (Å²) in [6, 6.07) is 10.0. The lowest BCUT2D eigenvalue weighted by Gasteiger charge is -1.85. The van der Waals surface area contributed by atoms with Crippen LogP contribution in [0.4, 0.5) is 0 Å². The molecule has 3 nitrogen and oxygen atoms in total. The van der Waals surface area contributed by atoms with Crippen LogP contribution in [-0.4, -0.2) is 25.4 Å². The van der Waals surface area contributed by atoms with Gasteiger partial charge in [-0.1, -0.05) is 43.0 Å². The minimum absolute atomic E-state index is 0.375. The molecule has 1 aromatic carbocycles. The Kier molecular flexibility index (Phi) is 8.34. The topological polar surface area (TPSA) is 49.7 Å². The number of benzene rings is 1. The van der Waals surface area contributed by atoms with Crippen molar-refractivity contribution < 1.29 is 14.6 Å². The molecule has 0 aliphatic heterocycles. The molecule has 0 amide bonds. The summed E-state index contributed by atoms with van der Waals surface area (Å²) < 4.78 is 3.69. The van der Waals surface area contributed by atoms with Crippen molar-refractivity contribution in [2.75, 3.05) is 0 Å². The third kappa shape index (κ3) is 7.33. The van der Waals surface area contributed by atoms with Crippen LogP contribution in [0, 0.1) is 0 Å². The van der Waals surface area contributed by atoms with E-state index in [0.717, 1.165) is 0 Å². The Hall–Kier alpha value is -1.03. The first-order valence-corrected chi connectivity index (χ1v) is 3.60. The molecule has 2 N–H and O–H groups in total. The van der Waals surface area contributed by atoms with Crippen molar-refractivity contribution in [3.05, 3.63) is 42.5 Å². The molecule has 0 heterocycles. The zero-order valence-electron chi connectivity index (χ0n) is 7.13. The Morgan fingerprint density at radius 1 is 1.15 bits per heavy atom. The first-order valence-electron chi connectivity index (χ1n) is 3.60. The van der Waals surface area contributed by atoms with Gasteiger partial charge in [-0.15, -0.1) is 0 Å². The molecule has 0 aliphatic rings. The quantitative estimate of drug-likeness (QED) is 0.654. The largest absolute Gasteiger partial charge is 0.469 e. The summed E-state index contributed by atoms with van der Waals surface area (Å²) in [6.07, 6.45) is 1.83. The van der Waals surface area contributed by atoms with E-state index in [4.69, 9.17) is 10.0 Å². The van der Waals surface area contributed by atoms with E-state index in [1.807, 2.05) is 36.4 Å². The molecule has 0 aromatic heterocycles. The van der Waals surface area contributed by atoms with Gasteiger partial charge in [0.15, 0.2) is 0 Å². The Balaban J connectivity index is 0.000000252. The molecule has 0 bridgehead atoms. The van der Waals surface area contributed by atoms with E-state index in [0.29, 0.717) is 15.4 Å². The summed E-state index contributed by atoms with van der Waals surface area (Å²) in [5.41, 5.74) is 1.17. The van der Waals surface area contributed by atoms with Crippen LogP contribution >= 0.6 is 0 Å². The van der Waals surface area contributed by atoms with Crippen LogP contribution in [0.2, 0.25) is 0 Å². The van der Waals surface area contributed by atoms with Gasteiger partial charge in [-0.3, -0.25) is 0 Å². The Morgan fingerprint density at radius 3 is 1.92 bits per heavy atom. The van der Waals surface area contributed by atoms with Gasteiger partial charge in [0.1, 0.15) is 0 Å². The van der Waals surface area contributed by atoms with Crippen molar-refractivity contribution in [2.24, 2.45) is 0 Å². The summed E-state index contributed by atoms with van der Waals surface area (Å²) in [6.45, 7) is 3.63. The molecule has 2 radical (unpaired) electrons. The van der Waals surface area contributed by atoms with E-state index in [1.54, 1.807) is 0 Å². The van der Waals surface area contributed by atoms with Gasteiger partial charge < -0.3 is 14.6 Å². The highest BCUT2D eigenvalue weighted by Crippen LogP contribution is 1.97. The molecule has 5 heteroatoms. The molecule has 1 rings (SSSR count). The fourth-order valence-corrected chi connectivity index (χ4v) is 0.616. The van der Waals surface area contributed by atoms with Crippen LogP contribution in [0.15, 0.2) is 36.9 Å². The molecule has 66 valence electrons. The standard InChI is InChI=1S/C8H8.B2H2O3/c1-2-8-6-4-3-5-7-8;3-1-5-2-4/h2-7H,1H2;3-4H. The van der Waals surface area contributed by atoms with Crippen molar-refractivity contribution in [3.8, 4) is 0 Å². The van der Waals surface area contributed by atoms with Gasteiger partial charge in [0.05, 0.1) is 0 Å². The second-order valence-corrected chi connectivity index (χ2v) is 1.96. The predicted molar refractivity (Wildman–Crippen MR) is 53.6 cm³/mol. The summed E-state index contributed by atoms with van der Waals surface area (Å²) in [4.78, 5) is 0. The third-order valence-electron chi connectivity index (χ3n) is 1.16. The number of rotatable bonds is 3. The molecular weight excluding hydrogens is 166 g/mol. The highest BCUT2D eigenvalue weighted by Gasteiger charge is 1.81. The van der Waals surface area contributed by atoms with E-state index in [9.17, 15) is 0 Å². The molecule has 0 saturated carbocycles. The van der Waals surface area contributed by atoms with E-state index >= 15 is 0 Å². The normalized spacial score (nSPS) is 7.85. The van der Waals surface area contributed by atoms with Crippen LogP contribution in [0.1, 0.15) is 5.56 Å². The van der Waals surface area contributed by atoms with Gasteiger partial charge in [-0.05, 0) is 5.56 Å². The molecule has 13 heavy (non-hydrogen) atoms. The third-order valence-corrected chi connectivity index (χ3v) is 1.16. The maximum atomic E-state index is 7.53. The second-order valence-electron chi connectivity index (χ2n) is 1.96. The highest BCUT2D eigenvalue weighted by molar-refractivity contribution is 6.32. The molecule has 0 aliphatic carbocycles. The molecule has 0 unspecified atom stereocenters. The predicted octanol–water partition coefficient (Wildman–Crippen LogP) is 0.386. The minimum atomic E-state index is 0.375. The summed E-state index contributed by atoms with van der Waals surface area (Å²) in [7, 11) is 0.750. The maximum absolute atomic E-state index is 7.53. The molecular formula is C8H10B2O3. The smallest absolute Gasteiger partial charge is 0.456 e. The zero-order valence-corrected chi connectivity index (χ0v) is 7.13. The SMILES string of the molecule is C=Cc1ccccc1.O[B]O[B]O. The van der Waals surface area contributed by atoms with Gasteiger partial charge in [0, 0.05) is 0 Å². The number of hydrogen-bond donors (Lipinski definition) is 2. The lowest BCUT2D eigenvalue weighted by Crippen LogP contribution is -2.00. The van der Waals surface area contributed by atoms with Crippen LogP contribution in [-0.2, 0) is 4.57 Å². The van der Waals surface area contributed by atoms with Gasteiger partial charge >= 0.3 is 15.4 Å².